The van der Waals surface area contributed by atoms with Crippen LogP contribution in [0.1, 0.15) is 16.2 Å². The van der Waals surface area contributed by atoms with Gasteiger partial charge in [-0.3, -0.25) is 4.79 Å². The Morgan fingerprint density at radius 3 is 2.62 bits per heavy atom. The van der Waals surface area contributed by atoms with Crippen LogP contribution in [0, 0.1) is 0 Å². The van der Waals surface area contributed by atoms with Gasteiger partial charge in [0.15, 0.2) is 5.69 Å². The molecule has 0 fully saturated rings. The molecule has 0 saturated heterocycles. The lowest BCUT2D eigenvalue weighted by Crippen LogP contribution is -2.16. The Balaban J connectivity index is 1.91. The van der Waals surface area contributed by atoms with E-state index in [1.165, 1.54) is 0 Å². The summed E-state index contributed by atoms with van der Waals surface area (Å²) in [5, 5.41) is 11.4. The molecule has 134 valence electrons. The molecule has 0 unspecified atom stereocenters. The number of ether oxygens (including phenoxy) is 2. The van der Waals surface area contributed by atoms with Gasteiger partial charge >= 0.3 is 0 Å². The number of aromatic nitrogens is 3. The molecule has 0 atom stereocenters. The van der Waals surface area contributed by atoms with Crippen molar-refractivity contribution in [1.82, 2.24) is 15.0 Å². The summed E-state index contributed by atoms with van der Waals surface area (Å²) in [4.78, 5) is 12.6. The molecule has 8 heteroatoms. The SMILES string of the molecule is COCc1c(C(=O)Nc2cccc(Cl)c2)nnn1-c1ccc(OC)cc1. The molecular formula is C18H17ClN4O3. The summed E-state index contributed by atoms with van der Waals surface area (Å²) in [5.41, 5.74) is 2.04. The third kappa shape index (κ3) is 3.84. The molecule has 1 N–H and O–H groups in total. The van der Waals surface area contributed by atoms with E-state index in [0.29, 0.717) is 16.4 Å². The third-order valence-electron chi connectivity index (χ3n) is 3.66. The van der Waals surface area contributed by atoms with Gasteiger partial charge in [-0.05, 0) is 42.5 Å². The van der Waals surface area contributed by atoms with Gasteiger partial charge < -0.3 is 14.8 Å². The predicted molar refractivity (Wildman–Crippen MR) is 98.0 cm³/mol. The van der Waals surface area contributed by atoms with E-state index < -0.39 is 0 Å². The van der Waals surface area contributed by atoms with Crippen LogP contribution in [0.2, 0.25) is 5.02 Å². The number of anilines is 1. The molecule has 7 nitrogen and oxygen atoms in total. The fourth-order valence-electron chi connectivity index (χ4n) is 2.43. The van der Waals surface area contributed by atoms with Crippen LogP contribution in [0.4, 0.5) is 5.69 Å². The van der Waals surface area contributed by atoms with Gasteiger partial charge in [0.1, 0.15) is 11.4 Å². The average molecular weight is 373 g/mol. The van der Waals surface area contributed by atoms with Crippen LogP contribution in [0.25, 0.3) is 5.69 Å². The number of hydrogen-bond donors (Lipinski definition) is 1. The van der Waals surface area contributed by atoms with Crippen molar-refractivity contribution in [3.8, 4) is 11.4 Å². The van der Waals surface area contributed by atoms with Gasteiger partial charge in [0.05, 0.1) is 19.4 Å². The molecule has 0 spiro atoms. The van der Waals surface area contributed by atoms with E-state index in [4.69, 9.17) is 21.1 Å². The summed E-state index contributed by atoms with van der Waals surface area (Å²) in [5.74, 6) is 0.333. The number of halogens is 1. The number of carbonyl (C=O) groups is 1. The van der Waals surface area contributed by atoms with Crippen molar-refractivity contribution in [3.63, 3.8) is 0 Å². The van der Waals surface area contributed by atoms with Crippen LogP contribution in [-0.4, -0.2) is 35.1 Å². The molecule has 0 radical (unpaired) electrons. The van der Waals surface area contributed by atoms with Crippen LogP contribution in [0.3, 0.4) is 0 Å². The largest absolute Gasteiger partial charge is 0.497 e. The maximum atomic E-state index is 12.6. The van der Waals surface area contributed by atoms with E-state index in [2.05, 4.69) is 15.6 Å². The summed E-state index contributed by atoms with van der Waals surface area (Å²) in [6.45, 7) is 0.178. The molecule has 26 heavy (non-hydrogen) atoms. The minimum atomic E-state index is -0.390. The Bertz CT molecular complexity index is 909. The first-order valence-corrected chi connectivity index (χ1v) is 8.15. The number of methoxy groups -OCH3 is 2. The molecule has 0 aliphatic heterocycles. The maximum Gasteiger partial charge on any atom is 0.278 e. The number of hydrogen-bond acceptors (Lipinski definition) is 5. The minimum absolute atomic E-state index is 0.178. The lowest BCUT2D eigenvalue weighted by atomic mass is 10.2. The van der Waals surface area contributed by atoms with Gasteiger partial charge in [-0.25, -0.2) is 4.68 Å². The number of amides is 1. The Morgan fingerprint density at radius 2 is 1.96 bits per heavy atom. The lowest BCUT2D eigenvalue weighted by Gasteiger charge is -2.08. The van der Waals surface area contributed by atoms with Gasteiger partial charge in [-0.2, -0.15) is 0 Å². The first-order chi connectivity index (χ1) is 12.6. The molecule has 1 amide bonds. The second kappa shape index (κ2) is 7.99. The molecule has 0 aliphatic rings. The Kier molecular flexibility index (Phi) is 5.50. The number of nitrogens with one attached hydrogen (secondary N) is 1. The third-order valence-corrected chi connectivity index (χ3v) is 3.89. The average Bonchev–Trinajstić information content (AvgIpc) is 3.06. The maximum absolute atomic E-state index is 12.6. The fourth-order valence-corrected chi connectivity index (χ4v) is 2.62. The van der Waals surface area contributed by atoms with Crippen molar-refractivity contribution in [2.45, 2.75) is 6.61 Å². The molecule has 3 rings (SSSR count). The monoisotopic (exact) mass is 372 g/mol. The van der Waals surface area contributed by atoms with Crippen LogP contribution < -0.4 is 10.1 Å². The van der Waals surface area contributed by atoms with Crippen molar-refractivity contribution >= 4 is 23.2 Å². The summed E-state index contributed by atoms with van der Waals surface area (Å²) in [6, 6.07) is 14.1. The second-order valence-electron chi connectivity index (χ2n) is 5.39. The van der Waals surface area contributed by atoms with E-state index in [-0.39, 0.29) is 18.2 Å². The van der Waals surface area contributed by atoms with E-state index >= 15 is 0 Å². The lowest BCUT2D eigenvalue weighted by molar-refractivity contribution is 0.101. The topological polar surface area (TPSA) is 78.3 Å². The van der Waals surface area contributed by atoms with Crippen LogP contribution in [0.15, 0.2) is 48.5 Å². The van der Waals surface area contributed by atoms with E-state index in [9.17, 15) is 4.79 Å². The van der Waals surface area contributed by atoms with Crippen LogP contribution in [-0.2, 0) is 11.3 Å². The molecule has 1 heterocycles. The zero-order chi connectivity index (χ0) is 18.5. The van der Waals surface area contributed by atoms with Gasteiger partial charge in [-0.15, -0.1) is 5.10 Å². The Morgan fingerprint density at radius 1 is 1.19 bits per heavy atom. The van der Waals surface area contributed by atoms with Gasteiger partial charge in [-0.1, -0.05) is 22.9 Å². The number of carbonyl (C=O) groups excluding carboxylic acids is 1. The molecule has 0 aliphatic carbocycles. The van der Waals surface area contributed by atoms with E-state index in [1.807, 2.05) is 12.1 Å². The molecule has 0 bridgehead atoms. The van der Waals surface area contributed by atoms with Crippen LogP contribution >= 0.6 is 11.6 Å². The highest BCUT2D eigenvalue weighted by molar-refractivity contribution is 6.30. The molecule has 2 aromatic carbocycles. The van der Waals surface area contributed by atoms with Crippen molar-refractivity contribution in [2.75, 3.05) is 19.5 Å². The summed E-state index contributed by atoms with van der Waals surface area (Å²) < 4.78 is 11.9. The quantitative estimate of drug-likeness (QED) is 0.718. The highest BCUT2D eigenvalue weighted by Crippen LogP contribution is 2.20. The summed E-state index contributed by atoms with van der Waals surface area (Å²) in [7, 11) is 3.14. The molecule has 1 aromatic heterocycles. The van der Waals surface area contributed by atoms with Gasteiger partial charge in [0.25, 0.3) is 5.91 Å². The summed E-state index contributed by atoms with van der Waals surface area (Å²) in [6.07, 6.45) is 0. The van der Waals surface area contributed by atoms with Crippen molar-refractivity contribution < 1.29 is 14.3 Å². The minimum Gasteiger partial charge on any atom is -0.497 e. The van der Waals surface area contributed by atoms with Gasteiger partial charge in [0.2, 0.25) is 0 Å². The Labute approximate surface area is 155 Å². The molecular weight excluding hydrogens is 356 g/mol. The molecule has 3 aromatic rings. The second-order valence-corrected chi connectivity index (χ2v) is 5.83. The first kappa shape index (κ1) is 17.9. The first-order valence-electron chi connectivity index (χ1n) is 7.77. The normalized spacial score (nSPS) is 10.6. The van der Waals surface area contributed by atoms with E-state index in [1.54, 1.807) is 55.3 Å². The number of benzene rings is 2. The van der Waals surface area contributed by atoms with Crippen LogP contribution in [0.5, 0.6) is 5.75 Å². The van der Waals surface area contributed by atoms with E-state index in [0.717, 1.165) is 11.4 Å². The highest BCUT2D eigenvalue weighted by atomic mass is 35.5. The zero-order valence-corrected chi connectivity index (χ0v) is 15.0. The fraction of sp³-hybridized carbons (Fsp3) is 0.167. The van der Waals surface area contributed by atoms with Crippen molar-refractivity contribution in [3.05, 3.63) is 64.9 Å². The van der Waals surface area contributed by atoms with Crippen molar-refractivity contribution in [2.24, 2.45) is 0 Å². The summed E-state index contributed by atoms with van der Waals surface area (Å²) >= 11 is 5.95. The van der Waals surface area contributed by atoms with Gasteiger partial charge in [0, 0.05) is 17.8 Å². The number of nitrogens with zero attached hydrogens (tertiary/aromatic N) is 3. The standard InChI is InChI=1S/C18H17ClN4O3/c1-25-11-16-17(18(24)20-13-5-3-4-12(19)10-13)21-22-23(16)14-6-8-15(26-2)9-7-14/h3-10H,11H2,1-2H3,(H,20,24). The zero-order valence-electron chi connectivity index (χ0n) is 14.3. The highest BCUT2D eigenvalue weighted by Gasteiger charge is 2.21. The smallest absolute Gasteiger partial charge is 0.278 e. The van der Waals surface area contributed by atoms with Crippen molar-refractivity contribution in [1.29, 1.82) is 0 Å². The Hall–Kier alpha value is -2.90. The molecule has 0 saturated carbocycles. The number of rotatable bonds is 6. The predicted octanol–water partition coefficient (Wildman–Crippen LogP) is 3.33.